The predicted octanol–water partition coefficient (Wildman–Crippen LogP) is 3.95. The van der Waals surface area contributed by atoms with Crippen LogP contribution < -0.4 is 4.90 Å². The molecule has 2 aromatic rings. The van der Waals surface area contributed by atoms with Crippen molar-refractivity contribution in [2.45, 2.75) is 12.2 Å². The SMILES string of the molecule is C=Cc1csc2c1N(Cc1ccco1)C(Cl)N=C2. The minimum atomic E-state index is -0.407. The van der Waals surface area contributed by atoms with Gasteiger partial charge in [0.2, 0.25) is 0 Å². The first-order chi connectivity index (χ1) is 8.79. The number of hydrogen-bond acceptors (Lipinski definition) is 4. The van der Waals surface area contributed by atoms with Gasteiger partial charge in [0, 0.05) is 17.2 Å². The van der Waals surface area contributed by atoms with Crippen molar-refractivity contribution in [3.8, 4) is 0 Å². The summed E-state index contributed by atoms with van der Waals surface area (Å²) in [6, 6.07) is 3.80. The van der Waals surface area contributed by atoms with E-state index in [1.165, 1.54) is 0 Å². The van der Waals surface area contributed by atoms with Crippen LogP contribution in [0.5, 0.6) is 0 Å². The van der Waals surface area contributed by atoms with Gasteiger partial charge in [0.05, 0.1) is 23.4 Å². The Bertz CT molecular complexity index is 588. The first-order valence-corrected chi connectivity index (χ1v) is 6.81. The summed E-state index contributed by atoms with van der Waals surface area (Å²) in [6.45, 7) is 4.44. The number of anilines is 1. The van der Waals surface area contributed by atoms with Crippen LogP contribution in [0.3, 0.4) is 0 Å². The van der Waals surface area contributed by atoms with Crippen LogP contribution in [0.1, 0.15) is 16.2 Å². The Hall–Kier alpha value is -1.52. The third-order valence-corrected chi connectivity index (χ3v) is 4.08. The lowest BCUT2D eigenvalue weighted by Crippen LogP contribution is -2.32. The summed E-state index contributed by atoms with van der Waals surface area (Å²) in [5.41, 5.74) is 1.76. The van der Waals surface area contributed by atoms with Crippen molar-refractivity contribution >= 4 is 40.9 Å². The lowest BCUT2D eigenvalue weighted by molar-refractivity contribution is 0.499. The zero-order valence-corrected chi connectivity index (χ0v) is 11.1. The summed E-state index contributed by atoms with van der Waals surface area (Å²) in [6.07, 6.45) is 5.32. The number of nitrogens with zero attached hydrogens (tertiary/aromatic N) is 2. The molecule has 2 aromatic heterocycles. The second-order valence-corrected chi connectivity index (χ2v) is 5.21. The minimum absolute atomic E-state index is 0.407. The minimum Gasteiger partial charge on any atom is -0.467 e. The van der Waals surface area contributed by atoms with Crippen LogP contribution in [-0.4, -0.2) is 11.8 Å². The van der Waals surface area contributed by atoms with Gasteiger partial charge in [0.25, 0.3) is 0 Å². The summed E-state index contributed by atoms with van der Waals surface area (Å²) in [4.78, 5) is 7.40. The molecule has 0 fully saturated rings. The average Bonchev–Trinajstić information content (AvgIpc) is 3.01. The molecule has 1 aliphatic rings. The van der Waals surface area contributed by atoms with Gasteiger partial charge < -0.3 is 9.32 Å². The van der Waals surface area contributed by atoms with Gasteiger partial charge in [-0.15, -0.1) is 11.3 Å². The number of halogens is 1. The summed E-state index contributed by atoms with van der Waals surface area (Å²) in [5, 5.41) is 2.06. The van der Waals surface area contributed by atoms with E-state index in [1.807, 2.05) is 29.3 Å². The third kappa shape index (κ3) is 1.87. The van der Waals surface area contributed by atoms with Crippen LogP contribution in [0.15, 0.2) is 39.8 Å². The highest BCUT2D eigenvalue weighted by atomic mass is 35.5. The van der Waals surface area contributed by atoms with Gasteiger partial charge >= 0.3 is 0 Å². The van der Waals surface area contributed by atoms with E-state index in [2.05, 4.69) is 17.0 Å². The first-order valence-electron chi connectivity index (χ1n) is 5.50. The van der Waals surface area contributed by atoms with E-state index in [4.69, 9.17) is 16.0 Å². The monoisotopic (exact) mass is 278 g/mol. The molecule has 18 heavy (non-hydrogen) atoms. The number of thiophene rings is 1. The molecule has 1 unspecified atom stereocenters. The molecule has 5 heteroatoms. The molecule has 0 aromatic carbocycles. The number of fused-ring (bicyclic) bond motifs is 1. The smallest absolute Gasteiger partial charge is 0.198 e. The van der Waals surface area contributed by atoms with E-state index in [0.29, 0.717) is 6.54 Å². The largest absolute Gasteiger partial charge is 0.467 e. The van der Waals surface area contributed by atoms with Crippen molar-refractivity contribution in [1.82, 2.24) is 0 Å². The van der Waals surface area contributed by atoms with Crippen molar-refractivity contribution in [2.24, 2.45) is 4.99 Å². The van der Waals surface area contributed by atoms with Gasteiger partial charge in [-0.3, -0.25) is 4.99 Å². The molecule has 0 amide bonds. The van der Waals surface area contributed by atoms with Crippen LogP contribution in [0.4, 0.5) is 5.69 Å². The number of rotatable bonds is 3. The molecule has 0 bridgehead atoms. The number of hydrogen-bond donors (Lipinski definition) is 0. The highest BCUT2D eigenvalue weighted by molar-refractivity contribution is 7.12. The van der Waals surface area contributed by atoms with Crippen molar-refractivity contribution in [3.05, 3.63) is 46.6 Å². The molecule has 0 spiro atoms. The maximum atomic E-state index is 6.27. The Labute approximate surface area is 114 Å². The van der Waals surface area contributed by atoms with Crippen molar-refractivity contribution in [3.63, 3.8) is 0 Å². The van der Waals surface area contributed by atoms with Crippen molar-refractivity contribution in [2.75, 3.05) is 4.90 Å². The molecular formula is C13H11ClN2OS. The molecule has 3 rings (SSSR count). The Kier molecular flexibility index (Phi) is 2.97. The molecule has 0 saturated carbocycles. The maximum Gasteiger partial charge on any atom is 0.198 e. The molecule has 0 radical (unpaired) electrons. The van der Waals surface area contributed by atoms with E-state index in [0.717, 1.165) is 21.9 Å². The Morgan fingerprint density at radius 1 is 1.61 bits per heavy atom. The molecule has 1 aliphatic heterocycles. The fourth-order valence-corrected chi connectivity index (χ4v) is 3.12. The van der Waals surface area contributed by atoms with Crippen LogP contribution in [0, 0.1) is 0 Å². The van der Waals surface area contributed by atoms with E-state index in [-0.39, 0.29) is 0 Å². The zero-order valence-electron chi connectivity index (χ0n) is 9.54. The van der Waals surface area contributed by atoms with Crippen LogP contribution in [-0.2, 0) is 6.54 Å². The van der Waals surface area contributed by atoms with Crippen LogP contribution in [0.25, 0.3) is 6.08 Å². The highest BCUT2D eigenvalue weighted by Crippen LogP contribution is 2.37. The fraction of sp³-hybridized carbons (Fsp3) is 0.154. The van der Waals surface area contributed by atoms with E-state index in [1.54, 1.807) is 17.6 Å². The summed E-state index contributed by atoms with van der Waals surface area (Å²) < 4.78 is 5.38. The lowest BCUT2D eigenvalue weighted by atomic mass is 10.2. The molecule has 3 nitrogen and oxygen atoms in total. The first kappa shape index (κ1) is 11.6. The quantitative estimate of drug-likeness (QED) is 0.628. The van der Waals surface area contributed by atoms with Crippen molar-refractivity contribution in [1.29, 1.82) is 0 Å². The molecule has 92 valence electrons. The van der Waals surface area contributed by atoms with Gasteiger partial charge in [-0.25, -0.2) is 0 Å². The Balaban J connectivity index is 2.00. The van der Waals surface area contributed by atoms with Crippen LogP contribution in [0.2, 0.25) is 0 Å². The second kappa shape index (κ2) is 4.63. The maximum absolute atomic E-state index is 6.27. The summed E-state index contributed by atoms with van der Waals surface area (Å²) in [7, 11) is 0. The molecule has 3 heterocycles. The molecular weight excluding hydrogens is 268 g/mol. The second-order valence-electron chi connectivity index (χ2n) is 3.90. The van der Waals surface area contributed by atoms with Gasteiger partial charge in [0.1, 0.15) is 5.76 Å². The van der Waals surface area contributed by atoms with Crippen LogP contribution >= 0.6 is 22.9 Å². The summed E-state index contributed by atoms with van der Waals surface area (Å²) in [5.74, 6) is 0.866. The van der Waals surface area contributed by atoms with Crippen molar-refractivity contribution < 1.29 is 4.42 Å². The van der Waals surface area contributed by atoms with Gasteiger partial charge in [-0.05, 0) is 12.1 Å². The molecule has 0 saturated heterocycles. The number of furan rings is 1. The van der Waals surface area contributed by atoms with E-state index < -0.39 is 5.62 Å². The third-order valence-electron chi connectivity index (χ3n) is 2.81. The Morgan fingerprint density at radius 2 is 2.50 bits per heavy atom. The highest BCUT2D eigenvalue weighted by Gasteiger charge is 2.26. The van der Waals surface area contributed by atoms with Gasteiger partial charge in [-0.1, -0.05) is 24.3 Å². The number of aliphatic imine (C=N–C) groups is 1. The van der Waals surface area contributed by atoms with E-state index in [9.17, 15) is 0 Å². The summed E-state index contributed by atoms with van der Waals surface area (Å²) >= 11 is 7.91. The van der Waals surface area contributed by atoms with Gasteiger partial charge in [-0.2, -0.15) is 0 Å². The molecule has 1 atom stereocenters. The molecule has 0 N–H and O–H groups in total. The lowest BCUT2D eigenvalue weighted by Gasteiger charge is -2.29. The Morgan fingerprint density at radius 3 is 3.22 bits per heavy atom. The standard InChI is InChI=1S/C13H11ClN2OS/c1-2-9-8-18-11-6-15-13(14)16(12(9)11)7-10-4-3-5-17-10/h2-6,8,13H,1,7H2. The average molecular weight is 279 g/mol. The number of alkyl halides is 1. The topological polar surface area (TPSA) is 28.7 Å². The predicted molar refractivity (Wildman–Crippen MR) is 76.5 cm³/mol. The van der Waals surface area contributed by atoms with E-state index >= 15 is 0 Å². The molecule has 0 aliphatic carbocycles. The normalized spacial score (nSPS) is 17.8. The fourth-order valence-electron chi connectivity index (χ4n) is 1.97. The van der Waals surface area contributed by atoms with Gasteiger partial charge in [0.15, 0.2) is 5.62 Å². The zero-order chi connectivity index (χ0) is 12.5.